The molecule has 0 spiro atoms. The number of rotatable bonds is 2. The molecule has 1 aliphatic heterocycles. The smallest absolute Gasteiger partial charge is 0.187 e. The van der Waals surface area contributed by atoms with Gasteiger partial charge in [-0.2, -0.15) is 5.26 Å². The Bertz CT molecular complexity index is 1660. The topological polar surface area (TPSA) is 36.3 Å². The first-order valence-electron chi connectivity index (χ1n) is 11.0. The molecule has 0 unspecified atom stereocenters. The lowest BCUT2D eigenvalue weighted by Gasteiger charge is -2.36. The molecule has 0 bridgehead atoms. The van der Waals surface area contributed by atoms with Gasteiger partial charge in [0.1, 0.15) is 0 Å². The van der Waals surface area contributed by atoms with Crippen LogP contribution in [-0.2, 0) is 0 Å². The Hall–Kier alpha value is -4.54. The summed E-state index contributed by atoms with van der Waals surface area (Å²) in [7, 11) is 0. The fourth-order valence-corrected chi connectivity index (χ4v) is 5.06. The van der Waals surface area contributed by atoms with Crippen molar-refractivity contribution < 1.29 is 0 Å². The molecule has 5 aromatic rings. The number of para-hydroxylation sites is 1. The lowest BCUT2D eigenvalue weighted by molar-refractivity contribution is 0.781. The number of anilines is 2. The van der Waals surface area contributed by atoms with Gasteiger partial charge in [-0.05, 0) is 61.4 Å². The molecule has 2 heterocycles. The Morgan fingerprint density at radius 3 is 2.33 bits per heavy atom. The first-order chi connectivity index (χ1) is 16.1. The second-order valence-electron chi connectivity index (χ2n) is 8.68. The molecule has 33 heavy (non-hydrogen) atoms. The fourth-order valence-electron chi connectivity index (χ4n) is 5.06. The van der Waals surface area contributed by atoms with Crippen LogP contribution in [0.25, 0.3) is 43.5 Å². The van der Waals surface area contributed by atoms with Gasteiger partial charge >= 0.3 is 0 Å². The first kappa shape index (κ1) is 19.2. The van der Waals surface area contributed by atoms with E-state index in [1.165, 1.54) is 16.3 Å². The number of aromatic nitrogens is 1. The third kappa shape index (κ3) is 2.68. The lowest BCUT2D eigenvalue weighted by Crippen LogP contribution is -2.29. The van der Waals surface area contributed by atoms with E-state index in [4.69, 9.17) is 6.57 Å². The van der Waals surface area contributed by atoms with E-state index in [-0.39, 0.29) is 6.04 Å². The third-order valence-corrected chi connectivity index (χ3v) is 6.48. The highest BCUT2D eigenvalue weighted by atomic mass is 15.2. The van der Waals surface area contributed by atoms with Crippen molar-refractivity contribution in [3.8, 4) is 22.9 Å². The van der Waals surface area contributed by atoms with Crippen molar-refractivity contribution >= 4 is 38.9 Å². The number of benzene rings is 4. The molecule has 0 amide bonds. The van der Waals surface area contributed by atoms with Gasteiger partial charge in [0.15, 0.2) is 5.69 Å². The molecule has 0 fully saturated rings. The zero-order chi connectivity index (χ0) is 22.7. The zero-order valence-corrected chi connectivity index (χ0v) is 18.4. The van der Waals surface area contributed by atoms with Crippen molar-refractivity contribution in [3.63, 3.8) is 0 Å². The van der Waals surface area contributed by atoms with Crippen LogP contribution in [0.15, 0.2) is 78.9 Å². The van der Waals surface area contributed by atoms with Crippen LogP contribution in [-0.4, -0.2) is 10.6 Å². The van der Waals surface area contributed by atoms with E-state index in [2.05, 4.69) is 76.7 Å². The minimum Gasteiger partial charge on any atom is -0.335 e. The summed E-state index contributed by atoms with van der Waals surface area (Å²) >= 11 is 0. The molecule has 4 heteroatoms. The number of nitriles is 1. The highest BCUT2D eigenvalue weighted by Gasteiger charge is 2.29. The van der Waals surface area contributed by atoms with Gasteiger partial charge in [0.25, 0.3) is 0 Å². The van der Waals surface area contributed by atoms with E-state index in [1.807, 2.05) is 36.4 Å². The zero-order valence-electron chi connectivity index (χ0n) is 18.4. The summed E-state index contributed by atoms with van der Waals surface area (Å²) in [5.74, 6) is 0. The summed E-state index contributed by atoms with van der Waals surface area (Å²) in [5, 5.41) is 11.9. The van der Waals surface area contributed by atoms with Crippen molar-refractivity contribution in [2.24, 2.45) is 0 Å². The van der Waals surface area contributed by atoms with Crippen LogP contribution in [0.1, 0.15) is 19.4 Å². The number of hydrogen-bond acceptors (Lipinski definition) is 2. The summed E-state index contributed by atoms with van der Waals surface area (Å²) in [6.07, 6.45) is 0. The average molecular weight is 425 g/mol. The predicted molar refractivity (Wildman–Crippen MR) is 134 cm³/mol. The van der Waals surface area contributed by atoms with Gasteiger partial charge in [0.05, 0.1) is 46.3 Å². The maximum absolute atomic E-state index is 9.52. The summed E-state index contributed by atoms with van der Waals surface area (Å²) in [6.45, 7) is 11.6. The van der Waals surface area contributed by atoms with E-state index in [9.17, 15) is 5.26 Å². The van der Waals surface area contributed by atoms with E-state index in [0.717, 1.165) is 33.7 Å². The Morgan fingerprint density at radius 1 is 0.818 bits per heavy atom. The Balaban J connectivity index is 1.68. The highest BCUT2D eigenvalue weighted by molar-refractivity contribution is 6.16. The van der Waals surface area contributed by atoms with Crippen LogP contribution in [0.5, 0.6) is 0 Å². The number of fused-ring (bicyclic) bond motifs is 5. The van der Waals surface area contributed by atoms with Crippen molar-refractivity contribution in [2.45, 2.75) is 19.9 Å². The molecule has 0 atom stereocenters. The van der Waals surface area contributed by atoms with Crippen molar-refractivity contribution in [1.82, 2.24) is 4.57 Å². The third-order valence-electron chi connectivity index (χ3n) is 6.48. The molecule has 0 aliphatic carbocycles. The first-order valence-corrected chi connectivity index (χ1v) is 11.0. The van der Waals surface area contributed by atoms with Gasteiger partial charge < -0.3 is 9.47 Å². The quantitative estimate of drug-likeness (QED) is 0.272. The largest absolute Gasteiger partial charge is 0.335 e. The molecule has 0 saturated heterocycles. The predicted octanol–water partition coefficient (Wildman–Crippen LogP) is 7.73. The van der Waals surface area contributed by atoms with Gasteiger partial charge in [-0.15, -0.1) is 0 Å². The van der Waals surface area contributed by atoms with Gasteiger partial charge in [-0.25, -0.2) is 4.85 Å². The molecular weight excluding hydrogens is 404 g/mol. The Labute approximate surface area is 192 Å². The van der Waals surface area contributed by atoms with E-state index >= 15 is 0 Å². The minimum atomic E-state index is 0.242. The molecule has 0 radical (unpaired) electrons. The van der Waals surface area contributed by atoms with Crippen molar-refractivity contribution in [2.75, 3.05) is 4.90 Å². The van der Waals surface area contributed by atoms with Crippen molar-refractivity contribution in [3.05, 3.63) is 95.8 Å². The Kier molecular flexibility index (Phi) is 4.06. The average Bonchev–Trinajstić information content (AvgIpc) is 3.19. The minimum absolute atomic E-state index is 0.242. The van der Waals surface area contributed by atoms with Crippen LogP contribution in [0.2, 0.25) is 0 Å². The summed E-state index contributed by atoms with van der Waals surface area (Å²) in [4.78, 5) is 5.84. The Morgan fingerprint density at radius 2 is 1.61 bits per heavy atom. The highest BCUT2D eigenvalue weighted by Crippen LogP contribution is 2.47. The molecule has 156 valence electrons. The van der Waals surface area contributed by atoms with Crippen LogP contribution in [0.4, 0.5) is 17.1 Å². The molecule has 1 aromatic heterocycles. The molecule has 0 N–H and O–H groups in total. The maximum Gasteiger partial charge on any atom is 0.187 e. The summed E-state index contributed by atoms with van der Waals surface area (Å²) in [6, 6.07) is 29.3. The molecule has 1 aliphatic rings. The van der Waals surface area contributed by atoms with Crippen LogP contribution >= 0.6 is 0 Å². The SMILES string of the molecule is [C-]#[N+]c1ccc(-c2ccc3c(c2)c2cccc4c2n3-c2ccc(C#N)cc2N4C(C)C)cc1. The van der Waals surface area contributed by atoms with E-state index in [1.54, 1.807) is 0 Å². The summed E-state index contributed by atoms with van der Waals surface area (Å²) < 4.78 is 2.33. The number of nitrogens with zero attached hydrogens (tertiary/aromatic N) is 4. The van der Waals surface area contributed by atoms with Gasteiger partial charge in [-0.1, -0.05) is 42.5 Å². The maximum atomic E-state index is 9.52. The molecular formula is C29H20N4. The normalized spacial score (nSPS) is 12.1. The van der Waals surface area contributed by atoms with Crippen LogP contribution in [0, 0.1) is 17.9 Å². The number of hydrogen-bond donors (Lipinski definition) is 0. The molecule has 0 saturated carbocycles. The second kappa shape index (κ2) is 6.99. The van der Waals surface area contributed by atoms with E-state index < -0.39 is 0 Å². The molecule has 4 aromatic carbocycles. The standard InChI is InChI=1S/C29H20N4/c1-18(2)32-27-6-4-5-23-24-16-21(20-8-11-22(31-3)12-9-20)10-14-25(24)33(29(23)27)26-13-7-19(17-30)15-28(26)32/h4-16,18H,1-2H3. The van der Waals surface area contributed by atoms with Crippen LogP contribution in [0.3, 0.4) is 0 Å². The summed E-state index contributed by atoms with van der Waals surface area (Å²) in [5.41, 5.74) is 9.18. The molecule has 6 rings (SSSR count). The second-order valence-corrected chi connectivity index (χ2v) is 8.68. The monoisotopic (exact) mass is 424 g/mol. The lowest BCUT2D eigenvalue weighted by atomic mass is 10.0. The van der Waals surface area contributed by atoms with Gasteiger partial charge in [-0.3, -0.25) is 0 Å². The van der Waals surface area contributed by atoms with Crippen molar-refractivity contribution in [1.29, 1.82) is 5.26 Å². The van der Waals surface area contributed by atoms with E-state index in [0.29, 0.717) is 11.3 Å². The van der Waals surface area contributed by atoms with Gasteiger partial charge in [0.2, 0.25) is 0 Å². The fraction of sp³-hybridized carbons (Fsp3) is 0.103. The van der Waals surface area contributed by atoms with Gasteiger partial charge in [0, 0.05) is 16.8 Å². The van der Waals surface area contributed by atoms with Crippen LogP contribution < -0.4 is 4.90 Å². The molecule has 4 nitrogen and oxygen atoms in total.